The molecular formula is C13H19N3OS. The van der Waals surface area contributed by atoms with Crippen LogP contribution in [0.4, 0.5) is 0 Å². The summed E-state index contributed by atoms with van der Waals surface area (Å²) in [6.45, 7) is 4.34. The number of carbonyl (C=O) groups excluding carboxylic acids is 1. The molecule has 18 heavy (non-hydrogen) atoms. The van der Waals surface area contributed by atoms with Crippen molar-refractivity contribution >= 4 is 17.7 Å². The molecule has 2 N–H and O–H groups in total. The Balaban J connectivity index is 1.91. The molecule has 1 saturated heterocycles. The van der Waals surface area contributed by atoms with Gasteiger partial charge in [0.2, 0.25) is 5.91 Å². The van der Waals surface area contributed by atoms with E-state index in [0.717, 1.165) is 42.1 Å². The number of nitrogens with zero attached hydrogens (tertiary/aromatic N) is 2. The van der Waals surface area contributed by atoms with Crippen molar-refractivity contribution in [3.05, 3.63) is 23.4 Å². The normalized spacial score (nSPS) is 15.1. The number of rotatable bonds is 4. The Morgan fingerprint density at radius 1 is 1.50 bits per heavy atom. The number of amides is 1. The Bertz CT molecular complexity index is 430. The van der Waals surface area contributed by atoms with Crippen molar-refractivity contribution in [2.24, 2.45) is 5.73 Å². The van der Waals surface area contributed by atoms with Crippen molar-refractivity contribution in [3.8, 4) is 0 Å². The zero-order chi connectivity index (χ0) is 13.0. The summed E-state index contributed by atoms with van der Waals surface area (Å²) in [7, 11) is 0. The van der Waals surface area contributed by atoms with Gasteiger partial charge in [-0.15, -0.1) is 0 Å². The van der Waals surface area contributed by atoms with Gasteiger partial charge in [-0.05, 0) is 30.9 Å². The van der Waals surface area contributed by atoms with Gasteiger partial charge in [-0.25, -0.2) is 4.98 Å². The fraction of sp³-hybridized carbons (Fsp3) is 0.538. The fourth-order valence-corrected chi connectivity index (χ4v) is 2.93. The molecule has 1 amide bonds. The number of pyridine rings is 1. The SMILES string of the molecule is Cc1cc(CN)cnc1SCC(=O)N1CCCC1. The highest BCUT2D eigenvalue weighted by molar-refractivity contribution is 7.99. The van der Waals surface area contributed by atoms with E-state index in [9.17, 15) is 4.79 Å². The van der Waals surface area contributed by atoms with Crippen molar-refractivity contribution in [3.63, 3.8) is 0 Å². The van der Waals surface area contributed by atoms with Crippen LogP contribution in [0.3, 0.4) is 0 Å². The molecule has 1 aromatic rings. The average molecular weight is 265 g/mol. The van der Waals surface area contributed by atoms with Gasteiger partial charge in [-0.2, -0.15) is 0 Å². The minimum Gasteiger partial charge on any atom is -0.342 e. The summed E-state index contributed by atoms with van der Waals surface area (Å²) in [5.41, 5.74) is 7.69. The van der Waals surface area contributed by atoms with Crippen LogP contribution in [0, 0.1) is 6.92 Å². The molecule has 1 aliphatic heterocycles. The van der Waals surface area contributed by atoms with E-state index in [4.69, 9.17) is 5.73 Å². The summed E-state index contributed by atoms with van der Waals surface area (Å²) in [6, 6.07) is 2.04. The van der Waals surface area contributed by atoms with Crippen molar-refractivity contribution in [1.82, 2.24) is 9.88 Å². The van der Waals surface area contributed by atoms with Crippen LogP contribution in [0.2, 0.25) is 0 Å². The predicted octanol–water partition coefficient (Wildman–Crippen LogP) is 1.56. The van der Waals surface area contributed by atoms with E-state index in [1.54, 1.807) is 6.20 Å². The predicted molar refractivity (Wildman–Crippen MR) is 73.4 cm³/mol. The minimum atomic E-state index is 0.224. The largest absolute Gasteiger partial charge is 0.342 e. The number of likely N-dealkylation sites (tertiary alicyclic amines) is 1. The lowest BCUT2D eigenvalue weighted by atomic mass is 10.2. The van der Waals surface area contributed by atoms with E-state index in [1.165, 1.54) is 11.8 Å². The van der Waals surface area contributed by atoms with E-state index >= 15 is 0 Å². The van der Waals surface area contributed by atoms with Gasteiger partial charge in [0.05, 0.1) is 10.8 Å². The molecule has 0 spiro atoms. The Hall–Kier alpha value is -1.07. The summed E-state index contributed by atoms with van der Waals surface area (Å²) < 4.78 is 0. The molecule has 0 radical (unpaired) electrons. The molecule has 5 heteroatoms. The Morgan fingerprint density at radius 3 is 2.83 bits per heavy atom. The molecule has 0 atom stereocenters. The van der Waals surface area contributed by atoms with Gasteiger partial charge < -0.3 is 10.6 Å². The first-order valence-corrected chi connectivity index (χ1v) is 7.25. The van der Waals surface area contributed by atoms with E-state index in [2.05, 4.69) is 4.98 Å². The zero-order valence-corrected chi connectivity index (χ0v) is 11.5. The second-order valence-corrected chi connectivity index (χ2v) is 5.51. The lowest BCUT2D eigenvalue weighted by Crippen LogP contribution is -2.29. The topological polar surface area (TPSA) is 59.2 Å². The van der Waals surface area contributed by atoms with Crippen LogP contribution in [0.15, 0.2) is 17.3 Å². The van der Waals surface area contributed by atoms with Gasteiger partial charge >= 0.3 is 0 Å². The van der Waals surface area contributed by atoms with E-state index in [-0.39, 0.29) is 5.91 Å². The lowest BCUT2D eigenvalue weighted by Gasteiger charge is -2.14. The number of nitrogens with two attached hydrogens (primary N) is 1. The lowest BCUT2D eigenvalue weighted by molar-refractivity contribution is -0.127. The molecule has 1 fully saturated rings. The Labute approximate surface area is 112 Å². The van der Waals surface area contributed by atoms with Crippen molar-refractivity contribution in [1.29, 1.82) is 0 Å². The molecular weight excluding hydrogens is 246 g/mol. The molecule has 98 valence electrons. The molecule has 0 bridgehead atoms. The van der Waals surface area contributed by atoms with Crippen LogP contribution in [0.1, 0.15) is 24.0 Å². The summed E-state index contributed by atoms with van der Waals surface area (Å²) in [6.07, 6.45) is 4.06. The molecule has 1 aliphatic rings. The first-order valence-electron chi connectivity index (χ1n) is 6.27. The highest BCUT2D eigenvalue weighted by Gasteiger charge is 2.18. The molecule has 0 aromatic carbocycles. The van der Waals surface area contributed by atoms with E-state index in [1.807, 2.05) is 17.9 Å². The summed E-state index contributed by atoms with van der Waals surface area (Å²) in [5.74, 6) is 0.706. The summed E-state index contributed by atoms with van der Waals surface area (Å²) in [5, 5.41) is 0.930. The minimum absolute atomic E-state index is 0.224. The van der Waals surface area contributed by atoms with Gasteiger partial charge in [0, 0.05) is 25.8 Å². The fourth-order valence-electron chi connectivity index (χ4n) is 2.07. The van der Waals surface area contributed by atoms with Crippen LogP contribution in [-0.2, 0) is 11.3 Å². The molecule has 0 unspecified atom stereocenters. The highest BCUT2D eigenvalue weighted by Crippen LogP contribution is 2.21. The number of aryl methyl sites for hydroxylation is 1. The van der Waals surface area contributed by atoms with Crippen molar-refractivity contribution in [2.45, 2.75) is 31.3 Å². The average Bonchev–Trinajstić information content (AvgIpc) is 2.90. The number of hydrogen-bond donors (Lipinski definition) is 1. The van der Waals surface area contributed by atoms with E-state index in [0.29, 0.717) is 12.3 Å². The van der Waals surface area contributed by atoms with Gasteiger partial charge in [0.1, 0.15) is 0 Å². The van der Waals surface area contributed by atoms with Crippen LogP contribution in [0.25, 0.3) is 0 Å². The van der Waals surface area contributed by atoms with Crippen LogP contribution < -0.4 is 5.73 Å². The summed E-state index contributed by atoms with van der Waals surface area (Å²) in [4.78, 5) is 18.2. The van der Waals surface area contributed by atoms with Crippen LogP contribution in [-0.4, -0.2) is 34.6 Å². The van der Waals surface area contributed by atoms with Gasteiger partial charge in [-0.1, -0.05) is 17.8 Å². The number of carbonyl (C=O) groups is 1. The summed E-state index contributed by atoms with van der Waals surface area (Å²) >= 11 is 1.52. The second-order valence-electron chi connectivity index (χ2n) is 4.55. The van der Waals surface area contributed by atoms with Gasteiger partial charge in [0.15, 0.2) is 0 Å². The molecule has 0 saturated carbocycles. The maximum Gasteiger partial charge on any atom is 0.232 e. The first kappa shape index (κ1) is 13.4. The van der Waals surface area contributed by atoms with E-state index < -0.39 is 0 Å². The highest BCUT2D eigenvalue weighted by atomic mass is 32.2. The number of aromatic nitrogens is 1. The van der Waals surface area contributed by atoms with Crippen molar-refractivity contribution < 1.29 is 4.79 Å². The molecule has 2 rings (SSSR count). The third kappa shape index (κ3) is 3.23. The number of thioether (sulfide) groups is 1. The smallest absolute Gasteiger partial charge is 0.232 e. The maximum atomic E-state index is 11.9. The van der Waals surface area contributed by atoms with Crippen molar-refractivity contribution in [2.75, 3.05) is 18.8 Å². The standard InChI is InChI=1S/C13H19N3OS/c1-10-6-11(7-14)8-15-13(10)18-9-12(17)16-4-2-3-5-16/h6,8H,2-5,7,9,14H2,1H3. The van der Waals surface area contributed by atoms with Crippen LogP contribution >= 0.6 is 11.8 Å². The Morgan fingerprint density at radius 2 is 2.22 bits per heavy atom. The molecule has 4 nitrogen and oxygen atoms in total. The second kappa shape index (κ2) is 6.20. The quantitative estimate of drug-likeness (QED) is 0.839. The van der Waals surface area contributed by atoms with Gasteiger partial charge in [-0.3, -0.25) is 4.79 Å². The molecule has 2 heterocycles. The monoisotopic (exact) mass is 265 g/mol. The Kier molecular flexibility index (Phi) is 4.60. The van der Waals surface area contributed by atoms with Crippen LogP contribution in [0.5, 0.6) is 0 Å². The maximum absolute atomic E-state index is 11.9. The third-order valence-electron chi connectivity index (χ3n) is 3.11. The molecule has 1 aromatic heterocycles. The first-order chi connectivity index (χ1) is 8.70. The molecule has 0 aliphatic carbocycles. The number of hydrogen-bond acceptors (Lipinski definition) is 4. The van der Waals surface area contributed by atoms with Gasteiger partial charge in [0.25, 0.3) is 0 Å². The third-order valence-corrected chi connectivity index (χ3v) is 4.21. The zero-order valence-electron chi connectivity index (χ0n) is 10.7.